The van der Waals surface area contributed by atoms with E-state index in [2.05, 4.69) is 9.47 Å². The van der Waals surface area contributed by atoms with Crippen LogP contribution in [0.2, 0.25) is 0 Å². The summed E-state index contributed by atoms with van der Waals surface area (Å²) in [5.74, 6) is -1.77. The minimum atomic E-state index is -4.71. The summed E-state index contributed by atoms with van der Waals surface area (Å²) >= 11 is 0. The van der Waals surface area contributed by atoms with Gasteiger partial charge in [0.25, 0.3) is 0 Å². The van der Waals surface area contributed by atoms with Crippen molar-refractivity contribution in [3.63, 3.8) is 0 Å². The molecular formula is C12H12F3NO4. The number of benzene rings is 1. The van der Waals surface area contributed by atoms with Crippen molar-refractivity contribution in [3.8, 4) is 0 Å². The highest BCUT2D eigenvalue weighted by Gasteiger charge is 2.38. The number of esters is 2. The molecule has 0 amide bonds. The predicted molar refractivity (Wildman–Crippen MR) is 62.1 cm³/mol. The lowest BCUT2D eigenvalue weighted by atomic mass is 10.0. The largest absolute Gasteiger partial charge is 0.465 e. The zero-order valence-corrected chi connectivity index (χ0v) is 10.7. The molecule has 0 aliphatic rings. The molecule has 8 heteroatoms. The molecule has 0 heterocycles. The van der Waals surface area contributed by atoms with E-state index in [1.54, 1.807) is 0 Å². The van der Waals surface area contributed by atoms with Gasteiger partial charge in [0.05, 0.1) is 25.3 Å². The van der Waals surface area contributed by atoms with Gasteiger partial charge in [0, 0.05) is 0 Å². The highest BCUT2D eigenvalue weighted by Crippen LogP contribution is 2.31. The molecule has 2 N–H and O–H groups in total. The maximum absolute atomic E-state index is 12.6. The molecule has 0 unspecified atom stereocenters. The van der Waals surface area contributed by atoms with Crippen LogP contribution in [0.25, 0.3) is 0 Å². The SMILES string of the molecule is COC(=O)c1cc(C(=O)OC)cc([C@H](N)C(F)(F)F)c1. The molecule has 0 bridgehead atoms. The van der Waals surface area contributed by atoms with Gasteiger partial charge in [0.1, 0.15) is 6.04 Å². The third-order valence-corrected chi connectivity index (χ3v) is 2.51. The van der Waals surface area contributed by atoms with Gasteiger partial charge in [-0.15, -0.1) is 0 Å². The molecular weight excluding hydrogens is 279 g/mol. The number of hydrogen-bond donors (Lipinski definition) is 1. The second kappa shape index (κ2) is 5.91. The second-order valence-corrected chi connectivity index (χ2v) is 3.85. The number of ether oxygens (including phenoxy) is 2. The van der Waals surface area contributed by atoms with Crippen LogP contribution < -0.4 is 5.73 Å². The Bertz CT molecular complexity index is 494. The number of carbonyl (C=O) groups is 2. The Morgan fingerprint density at radius 2 is 1.45 bits per heavy atom. The molecule has 0 aliphatic heterocycles. The number of alkyl halides is 3. The van der Waals surface area contributed by atoms with Crippen LogP contribution in [-0.2, 0) is 9.47 Å². The number of carbonyl (C=O) groups excluding carboxylic acids is 2. The van der Waals surface area contributed by atoms with Gasteiger partial charge in [-0.25, -0.2) is 9.59 Å². The van der Waals surface area contributed by atoms with Gasteiger partial charge in [-0.05, 0) is 23.8 Å². The predicted octanol–water partition coefficient (Wildman–Crippen LogP) is 1.82. The van der Waals surface area contributed by atoms with Gasteiger partial charge in [0.2, 0.25) is 0 Å². The van der Waals surface area contributed by atoms with Crippen molar-refractivity contribution in [1.29, 1.82) is 0 Å². The molecule has 110 valence electrons. The van der Waals surface area contributed by atoms with Crippen molar-refractivity contribution in [1.82, 2.24) is 0 Å². The molecule has 1 aromatic rings. The van der Waals surface area contributed by atoms with E-state index in [1.165, 1.54) is 0 Å². The van der Waals surface area contributed by atoms with Gasteiger partial charge >= 0.3 is 18.1 Å². The van der Waals surface area contributed by atoms with E-state index in [-0.39, 0.29) is 11.1 Å². The number of methoxy groups -OCH3 is 2. The maximum Gasteiger partial charge on any atom is 0.407 e. The first-order chi connectivity index (χ1) is 9.20. The van der Waals surface area contributed by atoms with Gasteiger partial charge in [0.15, 0.2) is 0 Å². The van der Waals surface area contributed by atoms with Gasteiger partial charge in [-0.2, -0.15) is 13.2 Å². The van der Waals surface area contributed by atoms with Gasteiger partial charge in [-0.3, -0.25) is 0 Å². The summed E-state index contributed by atoms with van der Waals surface area (Å²) in [7, 11) is 2.13. The molecule has 1 rings (SSSR count). The van der Waals surface area contributed by atoms with Gasteiger partial charge in [-0.1, -0.05) is 0 Å². The minimum absolute atomic E-state index is 0.217. The lowest BCUT2D eigenvalue weighted by Crippen LogP contribution is -2.29. The number of rotatable bonds is 3. The molecule has 0 aromatic heterocycles. The fourth-order valence-corrected chi connectivity index (χ4v) is 1.49. The fourth-order valence-electron chi connectivity index (χ4n) is 1.49. The Labute approximate surface area is 112 Å². The summed E-state index contributed by atoms with van der Waals surface area (Å²) in [6.45, 7) is 0. The van der Waals surface area contributed by atoms with Crippen molar-refractivity contribution in [2.45, 2.75) is 12.2 Å². The summed E-state index contributed by atoms with van der Waals surface area (Å²) < 4.78 is 46.6. The summed E-state index contributed by atoms with van der Waals surface area (Å²) in [4.78, 5) is 22.8. The molecule has 0 spiro atoms. The summed E-state index contributed by atoms with van der Waals surface area (Å²) in [5.41, 5.74) is 4.20. The third-order valence-electron chi connectivity index (χ3n) is 2.51. The van der Waals surface area contributed by atoms with Crippen LogP contribution in [0.1, 0.15) is 32.3 Å². The quantitative estimate of drug-likeness (QED) is 0.859. The molecule has 0 saturated heterocycles. The standard InChI is InChI=1S/C12H12F3NO4/c1-19-10(17)7-3-6(9(16)12(13,14)15)4-8(5-7)11(18)20-2/h3-5,9H,16H2,1-2H3/t9-/m0/s1. The van der Waals surface area contributed by atoms with Crippen molar-refractivity contribution in [3.05, 3.63) is 34.9 Å². The average Bonchev–Trinajstić information content (AvgIpc) is 2.43. The van der Waals surface area contributed by atoms with Crippen molar-refractivity contribution in [2.24, 2.45) is 5.73 Å². The molecule has 20 heavy (non-hydrogen) atoms. The van der Waals surface area contributed by atoms with E-state index >= 15 is 0 Å². The van der Waals surface area contributed by atoms with Gasteiger partial charge < -0.3 is 15.2 Å². The molecule has 1 atom stereocenters. The third kappa shape index (κ3) is 3.47. The minimum Gasteiger partial charge on any atom is -0.465 e. The van der Waals surface area contributed by atoms with Crippen molar-refractivity contribution < 1.29 is 32.2 Å². The van der Waals surface area contributed by atoms with Crippen molar-refractivity contribution in [2.75, 3.05) is 14.2 Å². The monoisotopic (exact) mass is 291 g/mol. The number of halogens is 3. The van der Waals surface area contributed by atoms with E-state index in [4.69, 9.17) is 5.73 Å². The van der Waals surface area contributed by atoms with Crippen LogP contribution in [0.4, 0.5) is 13.2 Å². The molecule has 1 aromatic carbocycles. The molecule has 0 saturated carbocycles. The Hall–Kier alpha value is -2.09. The van der Waals surface area contributed by atoms with E-state index in [0.717, 1.165) is 32.4 Å². The van der Waals surface area contributed by atoms with Crippen LogP contribution in [0.15, 0.2) is 18.2 Å². The molecule has 0 aliphatic carbocycles. The smallest absolute Gasteiger partial charge is 0.407 e. The topological polar surface area (TPSA) is 78.6 Å². The zero-order valence-electron chi connectivity index (χ0n) is 10.7. The first-order valence-electron chi connectivity index (χ1n) is 5.34. The molecule has 0 fully saturated rings. The Morgan fingerprint density at radius 3 is 1.75 bits per heavy atom. The zero-order chi connectivity index (χ0) is 15.5. The normalized spacial score (nSPS) is 12.7. The second-order valence-electron chi connectivity index (χ2n) is 3.85. The van der Waals surface area contributed by atoms with Crippen LogP contribution in [0.3, 0.4) is 0 Å². The lowest BCUT2D eigenvalue weighted by Gasteiger charge is -2.17. The fraction of sp³-hybridized carbons (Fsp3) is 0.333. The molecule has 5 nitrogen and oxygen atoms in total. The maximum atomic E-state index is 12.6. The van der Waals surface area contributed by atoms with Crippen LogP contribution in [-0.4, -0.2) is 32.3 Å². The van der Waals surface area contributed by atoms with Crippen molar-refractivity contribution >= 4 is 11.9 Å². The summed E-state index contributed by atoms with van der Waals surface area (Å²) in [5, 5.41) is 0. The van der Waals surface area contributed by atoms with E-state index in [0.29, 0.717) is 0 Å². The highest BCUT2D eigenvalue weighted by molar-refractivity contribution is 5.95. The average molecular weight is 291 g/mol. The lowest BCUT2D eigenvalue weighted by molar-refractivity contribution is -0.149. The first kappa shape index (κ1) is 16.0. The Balaban J connectivity index is 3.37. The molecule has 0 radical (unpaired) electrons. The first-order valence-corrected chi connectivity index (χ1v) is 5.34. The van der Waals surface area contributed by atoms with E-state index in [1.807, 2.05) is 0 Å². The Kier molecular flexibility index (Phi) is 4.72. The van der Waals surface area contributed by atoms with E-state index in [9.17, 15) is 22.8 Å². The van der Waals surface area contributed by atoms with Crippen LogP contribution in [0, 0.1) is 0 Å². The van der Waals surface area contributed by atoms with Crippen LogP contribution in [0.5, 0.6) is 0 Å². The summed E-state index contributed by atoms with van der Waals surface area (Å²) in [6.07, 6.45) is -4.71. The van der Waals surface area contributed by atoms with E-state index < -0.39 is 29.7 Å². The summed E-state index contributed by atoms with van der Waals surface area (Å²) in [6, 6.07) is 0.604. The number of nitrogens with two attached hydrogens (primary N) is 1. The Morgan fingerprint density at radius 1 is 1.05 bits per heavy atom. The van der Waals surface area contributed by atoms with Crippen LogP contribution >= 0.6 is 0 Å². The number of hydrogen-bond acceptors (Lipinski definition) is 5. The highest BCUT2D eigenvalue weighted by atomic mass is 19.4.